The molecule has 0 amide bonds. The summed E-state index contributed by atoms with van der Waals surface area (Å²) >= 11 is 3.54. The highest BCUT2D eigenvalue weighted by atomic mass is 79.9. The Labute approximate surface area is 110 Å². The summed E-state index contributed by atoms with van der Waals surface area (Å²) in [5.41, 5.74) is 9.17. The van der Waals surface area contributed by atoms with Crippen molar-refractivity contribution in [3.05, 3.63) is 33.5 Å². The summed E-state index contributed by atoms with van der Waals surface area (Å²) < 4.78 is 6.98. The van der Waals surface area contributed by atoms with Gasteiger partial charge in [-0.1, -0.05) is 29.8 Å². The molecule has 3 heteroatoms. The van der Waals surface area contributed by atoms with Gasteiger partial charge in [0.15, 0.2) is 0 Å². The Morgan fingerprint density at radius 1 is 1.35 bits per heavy atom. The largest absolute Gasteiger partial charge is 0.459 e. The zero-order valence-electron chi connectivity index (χ0n) is 10.5. The van der Waals surface area contributed by atoms with Gasteiger partial charge in [0.1, 0.15) is 11.3 Å². The molecular formula is C14H18BrNO. The molecule has 2 nitrogen and oxygen atoms in total. The van der Waals surface area contributed by atoms with Crippen molar-refractivity contribution in [1.29, 1.82) is 0 Å². The van der Waals surface area contributed by atoms with Crippen molar-refractivity contribution >= 4 is 26.9 Å². The molecule has 0 bridgehead atoms. The first-order valence-electron chi connectivity index (χ1n) is 5.93. The van der Waals surface area contributed by atoms with E-state index in [4.69, 9.17) is 10.2 Å². The molecule has 92 valence electrons. The van der Waals surface area contributed by atoms with Crippen LogP contribution < -0.4 is 5.73 Å². The average Bonchev–Trinajstić information content (AvgIpc) is 2.56. The third-order valence-electron chi connectivity index (χ3n) is 2.92. The van der Waals surface area contributed by atoms with Gasteiger partial charge in [0.25, 0.3) is 0 Å². The lowest BCUT2D eigenvalue weighted by Gasteiger charge is -2.05. The van der Waals surface area contributed by atoms with E-state index >= 15 is 0 Å². The van der Waals surface area contributed by atoms with Gasteiger partial charge in [-0.15, -0.1) is 0 Å². The molecule has 0 radical (unpaired) electrons. The van der Waals surface area contributed by atoms with E-state index in [0.717, 1.165) is 27.8 Å². The smallest absolute Gasteiger partial charge is 0.137 e. The van der Waals surface area contributed by atoms with Crippen molar-refractivity contribution in [3.63, 3.8) is 0 Å². The summed E-state index contributed by atoms with van der Waals surface area (Å²) in [6.45, 7) is 6.96. The van der Waals surface area contributed by atoms with Crippen LogP contribution >= 0.6 is 15.9 Å². The summed E-state index contributed by atoms with van der Waals surface area (Å²) in [5, 5.41) is 1.20. The number of rotatable bonds is 3. The van der Waals surface area contributed by atoms with Crippen LogP contribution in [0.2, 0.25) is 0 Å². The van der Waals surface area contributed by atoms with Gasteiger partial charge >= 0.3 is 0 Å². The number of hydrogen-bond acceptors (Lipinski definition) is 2. The Balaban J connectivity index is 2.69. The summed E-state index contributed by atoms with van der Waals surface area (Å²) in [4.78, 5) is 0. The van der Waals surface area contributed by atoms with E-state index in [2.05, 4.69) is 48.8 Å². The van der Waals surface area contributed by atoms with Gasteiger partial charge in [-0.25, -0.2) is 0 Å². The molecule has 2 N–H and O–H groups in total. The fourth-order valence-corrected chi connectivity index (χ4v) is 2.79. The first-order chi connectivity index (χ1) is 8.02. The van der Waals surface area contributed by atoms with Crippen LogP contribution in [0, 0.1) is 12.8 Å². The number of halogens is 1. The van der Waals surface area contributed by atoms with Crippen LogP contribution in [0.5, 0.6) is 0 Å². The molecule has 0 saturated heterocycles. The van der Waals surface area contributed by atoms with Crippen LogP contribution in [0.3, 0.4) is 0 Å². The van der Waals surface area contributed by atoms with Crippen LogP contribution in [-0.4, -0.2) is 0 Å². The lowest BCUT2D eigenvalue weighted by Crippen LogP contribution is -2.01. The molecule has 2 aromatic rings. The molecule has 17 heavy (non-hydrogen) atoms. The van der Waals surface area contributed by atoms with E-state index in [1.54, 1.807) is 0 Å². The summed E-state index contributed by atoms with van der Waals surface area (Å²) in [6, 6.07) is 4.20. The Morgan fingerprint density at radius 3 is 2.65 bits per heavy atom. The molecule has 1 heterocycles. The Kier molecular flexibility index (Phi) is 3.59. The summed E-state index contributed by atoms with van der Waals surface area (Å²) in [6.07, 6.45) is 1.01. The van der Waals surface area contributed by atoms with Crippen LogP contribution in [0.15, 0.2) is 21.0 Å². The molecule has 1 aromatic carbocycles. The van der Waals surface area contributed by atoms with E-state index in [1.165, 1.54) is 10.9 Å². The van der Waals surface area contributed by atoms with Gasteiger partial charge in [-0.05, 0) is 37.0 Å². The zero-order valence-corrected chi connectivity index (χ0v) is 12.1. The van der Waals surface area contributed by atoms with E-state index in [9.17, 15) is 0 Å². The minimum absolute atomic E-state index is 0.466. The molecular weight excluding hydrogens is 278 g/mol. The lowest BCUT2D eigenvalue weighted by atomic mass is 9.99. The maximum absolute atomic E-state index is 5.89. The summed E-state index contributed by atoms with van der Waals surface area (Å²) in [7, 11) is 0. The third-order valence-corrected chi connectivity index (χ3v) is 3.38. The van der Waals surface area contributed by atoms with Crippen molar-refractivity contribution in [2.24, 2.45) is 11.7 Å². The van der Waals surface area contributed by atoms with Crippen molar-refractivity contribution in [1.82, 2.24) is 0 Å². The summed E-state index contributed by atoms with van der Waals surface area (Å²) in [5.74, 6) is 1.52. The van der Waals surface area contributed by atoms with Gasteiger partial charge in [0.05, 0.1) is 6.54 Å². The van der Waals surface area contributed by atoms with Crippen molar-refractivity contribution in [2.45, 2.75) is 33.7 Å². The highest BCUT2D eigenvalue weighted by Gasteiger charge is 2.16. The number of nitrogens with two attached hydrogens (primary N) is 1. The quantitative estimate of drug-likeness (QED) is 0.923. The molecule has 0 aliphatic rings. The van der Waals surface area contributed by atoms with E-state index in [0.29, 0.717) is 12.5 Å². The topological polar surface area (TPSA) is 39.2 Å². The molecule has 0 saturated carbocycles. The highest BCUT2D eigenvalue weighted by Crippen LogP contribution is 2.32. The number of benzene rings is 1. The number of fused-ring (bicyclic) bond motifs is 1. The monoisotopic (exact) mass is 295 g/mol. The predicted octanol–water partition coefficient (Wildman–Crippen LogP) is 4.16. The van der Waals surface area contributed by atoms with Crippen LogP contribution in [0.1, 0.15) is 30.7 Å². The van der Waals surface area contributed by atoms with Crippen molar-refractivity contribution < 1.29 is 4.42 Å². The van der Waals surface area contributed by atoms with E-state index in [-0.39, 0.29) is 0 Å². The maximum atomic E-state index is 5.89. The zero-order chi connectivity index (χ0) is 12.6. The minimum atomic E-state index is 0.466. The minimum Gasteiger partial charge on any atom is -0.459 e. The number of aryl methyl sites for hydroxylation is 1. The first kappa shape index (κ1) is 12.7. The van der Waals surface area contributed by atoms with Crippen molar-refractivity contribution in [2.75, 3.05) is 0 Å². The maximum Gasteiger partial charge on any atom is 0.137 e. The van der Waals surface area contributed by atoms with Gasteiger partial charge < -0.3 is 10.2 Å². The van der Waals surface area contributed by atoms with Crippen LogP contribution in [0.25, 0.3) is 11.0 Å². The average molecular weight is 296 g/mol. The second-order valence-corrected chi connectivity index (χ2v) is 5.82. The molecule has 1 aromatic heterocycles. The molecule has 0 unspecified atom stereocenters. The fraction of sp³-hybridized carbons (Fsp3) is 0.429. The van der Waals surface area contributed by atoms with Crippen LogP contribution in [0.4, 0.5) is 0 Å². The SMILES string of the molecule is Cc1cc(Br)cc2c(CC(C)C)c(CN)oc12. The van der Waals surface area contributed by atoms with Gasteiger partial charge in [0.2, 0.25) is 0 Å². The van der Waals surface area contributed by atoms with Crippen LogP contribution in [-0.2, 0) is 13.0 Å². The van der Waals surface area contributed by atoms with E-state index in [1.807, 2.05) is 0 Å². The Morgan fingerprint density at radius 2 is 2.06 bits per heavy atom. The number of hydrogen-bond donors (Lipinski definition) is 1. The second kappa shape index (κ2) is 4.83. The van der Waals surface area contributed by atoms with Gasteiger partial charge in [-0.3, -0.25) is 0 Å². The second-order valence-electron chi connectivity index (χ2n) is 4.91. The van der Waals surface area contributed by atoms with Gasteiger partial charge in [-0.2, -0.15) is 0 Å². The fourth-order valence-electron chi connectivity index (χ4n) is 2.22. The molecule has 0 aliphatic heterocycles. The predicted molar refractivity (Wildman–Crippen MR) is 75.1 cm³/mol. The number of furan rings is 1. The first-order valence-corrected chi connectivity index (χ1v) is 6.72. The third kappa shape index (κ3) is 2.40. The molecule has 0 spiro atoms. The molecule has 0 aliphatic carbocycles. The Bertz CT molecular complexity index is 543. The molecule has 0 fully saturated rings. The molecule has 0 atom stereocenters. The molecule has 2 rings (SSSR count). The Hall–Kier alpha value is -0.800. The van der Waals surface area contributed by atoms with E-state index < -0.39 is 0 Å². The normalized spacial score (nSPS) is 11.6. The van der Waals surface area contributed by atoms with Gasteiger partial charge in [0, 0.05) is 15.4 Å². The lowest BCUT2D eigenvalue weighted by molar-refractivity contribution is 0.534. The highest BCUT2D eigenvalue weighted by molar-refractivity contribution is 9.10. The van der Waals surface area contributed by atoms with Crippen molar-refractivity contribution in [3.8, 4) is 0 Å². The standard InChI is InChI=1S/C14H18BrNO/c1-8(2)4-11-12-6-10(15)5-9(3)14(12)17-13(11)7-16/h5-6,8H,4,7,16H2,1-3H3.